The number of anilines is 1. The third-order valence-electron chi connectivity index (χ3n) is 3.33. The molecule has 2 rings (SSSR count). The Labute approximate surface area is 119 Å². The SMILES string of the molecule is O=C(NCCSC1CCCCC1)Nc1ccccc1. The Bertz CT molecular complexity index is 377. The standard InChI is InChI=1S/C15H22N2OS/c18-15(17-13-7-3-1-4-8-13)16-11-12-19-14-9-5-2-6-10-14/h1,3-4,7-8,14H,2,5-6,9-12H2,(H2,16,17,18). The fourth-order valence-electron chi connectivity index (χ4n) is 2.32. The van der Waals surface area contributed by atoms with Gasteiger partial charge < -0.3 is 10.6 Å². The number of nitrogens with one attached hydrogen (secondary N) is 2. The van der Waals surface area contributed by atoms with Gasteiger partial charge in [-0.15, -0.1) is 0 Å². The molecule has 1 aliphatic rings. The summed E-state index contributed by atoms with van der Waals surface area (Å²) in [7, 11) is 0. The van der Waals surface area contributed by atoms with Gasteiger partial charge in [-0.05, 0) is 25.0 Å². The van der Waals surface area contributed by atoms with E-state index in [1.54, 1.807) is 0 Å². The van der Waals surface area contributed by atoms with Gasteiger partial charge in [-0.25, -0.2) is 4.79 Å². The lowest BCUT2D eigenvalue weighted by Crippen LogP contribution is -2.30. The maximum Gasteiger partial charge on any atom is 0.319 e. The van der Waals surface area contributed by atoms with Crippen molar-refractivity contribution < 1.29 is 4.79 Å². The quantitative estimate of drug-likeness (QED) is 0.803. The predicted octanol–water partition coefficient (Wildman–Crippen LogP) is 3.87. The summed E-state index contributed by atoms with van der Waals surface area (Å²) in [5.41, 5.74) is 0.833. The minimum atomic E-state index is -0.115. The number of thioether (sulfide) groups is 1. The van der Waals surface area contributed by atoms with Crippen molar-refractivity contribution in [3.05, 3.63) is 30.3 Å². The summed E-state index contributed by atoms with van der Waals surface area (Å²) < 4.78 is 0. The van der Waals surface area contributed by atoms with E-state index in [4.69, 9.17) is 0 Å². The molecule has 0 bridgehead atoms. The molecule has 1 aliphatic carbocycles. The lowest BCUT2D eigenvalue weighted by Gasteiger charge is -2.20. The number of para-hydroxylation sites is 1. The molecule has 2 N–H and O–H groups in total. The maximum absolute atomic E-state index is 11.6. The number of urea groups is 1. The predicted molar refractivity (Wildman–Crippen MR) is 82.8 cm³/mol. The molecule has 0 radical (unpaired) electrons. The number of hydrogen-bond donors (Lipinski definition) is 2. The molecule has 4 heteroatoms. The van der Waals surface area contributed by atoms with Crippen molar-refractivity contribution in [2.24, 2.45) is 0 Å². The highest BCUT2D eigenvalue weighted by molar-refractivity contribution is 7.99. The second-order valence-corrected chi connectivity index (χ2v) is 6.29. The van der Waals surface area contributed by atoms with E-state index in [1.807, 2.05) is 42.1 Å². The first kappa shape index (κ1) is 14.3. The van der Waals surface area contributed by atoms with Crippen LogP contribution in [-0.2, 0) is 0 Å². The van der Waals surface area contributed by atoms with Crippen LogP contribution in [0.3, 0.4) is 0 Å². The normalized spacial score (nSPS) is 16.0. The highest BCUT2D eigenvalue weighted by atomic mass is 32.2. The summed E-state index contributed by atoms with van der Waals surface area (Å²) in [6.45, 7) is 0.736. The van der Waals surface area contributed by atoms with E-state index in [0.717, 1.165) is 23.2 Å². The van der Waals surface area contributed by atoms with Crippen molar-refractivity contribution >= 4 is 23.5 Å². The number of hydrogen-bond acceptors (Lipinski definition) is 2. The first-order chi connectivity index (χ1) is 9.34. The third kappa shape index (κ3) is 5.55. The van der Waals surface area contributed by atoms with Gasteiger partial charge in [0.05, 0.1) is 0 Å². The van der Waals surface area contributed by atoms with Crippen LogP contribution in [-0.4, -0.2) is 23.6 Å². The molecule has 0 aromatic heterocycles. The molecule has 1 aromatic carbocycles. The highest BCUT2D eigenvalue weighted by Gasteiger charge is 2.13. The molecule has 1 aromatic rings. The van der Waals surface area contributed by atoms with Crippen molar-refractivity contribution in [2.75, 3.05) is 17.6 Å². The van der Waals surface area contributed by atoms with E-state index in [0.29, 0.717) is 0 Å². The maximum atomic E-state index is 11.6. The molecule has 0 aliphatic heterocycles. The lowest BCUT2D eigenvalue weighted by atomic mass is 10.0. The van der Waals surface area contributed by atoms with Gasteiger partial charge in [0.15, 0.2) is 0 Å². The molecule has 1 fully saturated rings. The van der Waals surface area contributed by atoms with E-state index in [2.05, 4.69) is 10.6 Å². The van der Waals surface area contributed by atoms with Gasteiger partial charge in [0.25, 0.3) is 0 Å². The Morgan fingerprint density at radius 2 is 1.89 bits per heavy atom. The monoisotopic (exact) mass is 278 g/mol. The van der Waals surface area contributed by atoms with E-state index in [1.165, 1.54) is 32.1 Å². The van der Waals surface area contributed by atoms with Gasteiger partial charge in [-0.2, -0.15) is 11.8 Å². The second kappa shape index (κ2) is 8.10. The number of carbonyl (C=O) groups excluding carboxylic acids is 1. The molecule has 0 spiro atoms. The first-order valence-corrected chi connectivity index (χ1v) is 8.11. The van der Waals surface area contributed by atoms with Gasteiger partial charge in [0.2, 0.25) is 0 Å². The summed E-state index contributed by atoms with van der Waals surface area (Å²) in [6.07, 6.45) is 6.84. The molecule has 0 atom stereocenters. The summed E-state index contributed by atoms with van der Waals surface area (Å²) in [6, 6.07) is 9.41. The number of amides is 2. The van der Waals surface area contributed by atoms with Crippen molar-refractivity contribution in [1.82, 2.24) is 5.32 Å². The van der Waals surface area contributed by atoms with E-state index >= 15 is 0 Å². The van der Waals surface area contributed by atoms with Crippen LogP contribution in [0, 0.1) is 0 Å². The molecule has 104 valence electrons. The average Bonchev–Trinajstić information content (AvgIpc) is 2.46. The summed E-state index contributed by atoms with van der Waals surface area (Å²) in [5, 5.41) is 6.53. The zero-order valence-corrected chi connectivity index (χ0v) is 12.0. The summed E-state index contributed by atoms with van der Waals surface area (Å²) in [4.78, 5) is 11.6. The number of carbonyl (C=O) groups is 1. The second-order valence-electron chi connectivity index (χ2n) is 4.88. The van der Waals surface area contributed by atoms with Gasteiger partial charge in [-0.1, -0.05) is 37.5 Å². The molecule has 0 saturated heterocycles. The topological polar surface area (TPSA) is 41.1 Å². The summed E-state index contributed by atoms with van der Waals surface area (Å²) in [5.74, 6) is 1.01. The molecule has 0 heterocycles. The molecule has 1 saturated carbocycles. The smallest absolute Gasteiger partial charge is 0.319 e. The van der Waals surface area contributed by atoms with E-state index in [9.17, 15) is 4.79 Å². The van der Waals surface area contributed by atoms with Crippen LogP contribution in [0.25, 0.3) is 0 Å². The van der Waals surface area contributed by atoms with Gasteiger partial charge in [0.1, 0.15) is 0 Å². The minimum absolute atomic E-state index is 0.115. The Balaban J connectivity index is 1.56. The van der Waals surface area contributed by atoms with Crippen molar-refractivity contribution in [2.45, 2.75) is 37.4 Å². The van der Waals surface area contributed by atoms with E-state index < -0.39 is 0 Å². The van der Waals surface area contributed by atoms with Crippen LogP contribution in [0.15, 0.2) is 30.3 Å². The Hall–Kier alpha value is -1.16. The molecule has 0 unspecified atom stereocenters. The van der Waals surface area contributed by atoms with Crippen molar-refractivity contribution in [1.29, 1.82) is 0 Å². The molecule has 2 amide bonds. The fraction of sp³-hybridized carbons (Fsp3) is 0.533. The van der Waals surface area contributed by atoms with Crippen LogP contribution in [0.1, 0.15) is 32.1 Å². The fourth-order valence-corrected chi connectivity index (χ4v) is 3.54. The largest absolute Gasteiger partial charge is 0.337 e. The Kier molecular flexibility index (Phi) is 6.08. The van der Waals surface area contributed by atoms with Crippen LogP contribution >= 0.6 is 11.8 Å². The van der Waals surface area contributed by atoms with Crippen molar-refractivity contribution in [3.8, 4) is 0 Å². The van der Waals surface area contributed by atoms with Gasteiger partial charge in [-0.3, -0.25) is 0 Å². The van der Waals surface area contributed by atoms with E-state index in [-0.39, 0.29) is 6.03 Å². The van der Waals surface area contributed by atoms with Crippen LogP contribution in [0.2, 0.25) is 0 Å². The lowest BCUT2D eigenvalue weighted by molar-refractivity contribution is 0.252. The van der Waals surface area contributed by atoms with Crippen LogP contribution < -0.4 is 10.6 Å². The zero-order chi connectivity index (χ0) is 13.3. The summed E-state index contributed by atoms with van der Waals surface area (Å²) >= 11 is 2.00. The number of rotatable bonds is 5. The average molecular weight is 278 g/mol. The van der Waals surface area contributed by atoms with Gasteiger partial charge >= 0.3 is 6.03 Å². The third-order valence-corrected chi connectivity index (χ3v) is 4.71. The first-order valence-electron chi connectivity index (χ1n) is 7.06. The minimum Gasteiger partial charge on any atom is -0.337 e. The molecule has 3 nitrogen and oxygen atoms in total. The number of benzene rings is 1. The van der Waals surface area contributed by atoms with Crippen LogP contribution in [0.4, 0.5) is 10.5 Å². The van der Waals surface area contributed by atoms with Crippen LogP contribution in [0.5, 0.6) is 0 Å². The Morgan fingerprint density at radius 3 is 2.63 bits per heavy atom. The highest BCUT2D eigenvalue weighted by Crippen LogP contribution is 2.27. The molecular formula is C15H22N2OS. The van der Waals surface area contributed by atoms with Gasteiger partial charge in [0, 0.05) is 23.2 Å². The molecule has 19 heavy (non-hydrogen) atoms. The zero-order valence-electron chi connectivity index (χ0n) is 11.2. The molecular weight excluding hydrogens is 256 g/mol. The Morgan fingerprint density at radius 1 is 1.16 bits per heavy atom. The van der Waals surface area contributed by atoms with Crippen molar-refractivity contribution in [3.63, 3.8) is 0 Å².